The molecule has 0 fully saturated rings. The molecule has 0 saturated heterocycles. The normalized spacial score (nSPS) is 9.50. The molecule has 14 heavy (non-hydrogen) atoms. The van der Waals surface area contributed by atoms with Crippen LogP contribution in [-0.2, 0) is 4.79 Å². The Balaban J connectivity index is 0. The summed E-state index contributed by atoms with van der Waals surface area (Å²) in [7, 11) is 0. The van der Waals surface area contributed by atoms with Crippen molar-refractivity contribution in [2.45, 2.75) is 64.7 Å². The predicted octanol–water partition coefficient (Wildman–Crippen LogP) is 1.89. The van der Waals surface area contributed by atoms with Gasteiger partial charge >= 0.3 is 27.3 Å². The zero-order valence-electron chi connectivity index (χ0n) is 9.26. The van der Waals surface area contributed by atoms with Gasteiger partial charge in [-0.3, -0.25) is 0 Å². The van der Waals surface area contributed by atoms with E-state index in [0.29, 0.717) is 0 Å². The molecular formula is C11H21O2Tl. The van der Waals surface area contributed by atoms with E-state index in [0.717, 1.165) is 12.8 Å². The quantitative estimate of drug-likeness (QED) is 0.446. The van der Waals surface area contributed by atoms with E-state index in [2.05, 4.69) is 6.92 Å². The first-order chi connectivity index (χ1) is 6.27. The van der Waals surface area contributed by atoms with E-state index in [1.807, 2.05) is 0 Å². The van der Waals surface area contributed by atoms with Crippen LogP contribution in [0.15, 0.2) is 0 Å². The van der Waals surface area contributed by atoms with E-state index in [-0.39, 0.29) is 33.7 Å². The van der Waals surface area contributed by atoms with E-state index in [4.69, 9.17) is 0 Å². The molecule has 0 rings (SSSR count). The monoisotopic (exact) mass is 390 g/mol. The van der Waals surface area contributed by atoms with Crippen molar-refractivity contribution in [2.24, 2.45) is 0 Å². The molecule has 0 spiro atoms. The minimum absolute atomic E-state index is 0. The Bertz CT molecular complexity index is 126. The summed E-state index contributed by atoms with van der Waals surface area (Å²) in [6, 6.07) is 0. The minimum Gasteiger partial charge on any atom is -0.550 e. The van der Waals surface area contributed by atoms with Crippen molar-refractivity contribution in [2.75, 3.05) is 0 Å². The third-order valence-corrected chi connectivity index (χ3v) is 2.23. The van der Waals surface area contributed by atoms with Gasteiger partial charge in [-0.2, -0.15) is 0 Å². The number of carboxylic acid groups (broad SMARTS) is 1. The van der Waals surface area contributed by atoms with Crippen molar-refractivity contribution < 1.29 is 9.90 Å². The maximum Gasteiger partial charge on any atom is 1.00 e. The molecule has 3 heteroatoms. The SMILES string of the molecule is CCCCCCCCCCC(=O)[O-].[Tl+]. The topological polar surface area (TPSA) is 40.1 Å². The van der Waals surface area contributed by atoms with Crippen LogP contribution in [0.3, 0.4) is 0 Å². The Kier molecular flexibility index (Phi) is 16.1. The Morgan fingerprint density at radius 1 is 0.929 bits per heavy atom. The molecule has 0 amide bonds. The maximum atomic E-state index is 10.1. The number of rotatable bonds is 9. The van der Waals surface area contributed by atoms with Gasteiger partial charge in [0, 0.05) is 5.97 Å². The van der Waals surface area contributed by atoms with Gasteiger partial charge in [0.05, 0.1) is 0 Å². The molecule has 0 unspecified atom stereocenters. The summed E-state index contributed by atoms with van der Waals surface area (Å²) < 4.78 is 0. The van der Waals surface area contributed by atoms with Crippen molar-refractivity contribution in [3.8, 4) is 0 Å². The van der Waals surface area contributed by atoms with Crippen molar-refractivity contribution >= 4 is 33.3 Å². The Hall–Kier alpha value is 0.392. The molecule has 0 atom stereocenters. The summed E-state index contributed by atoms with van der Waals surface area (Å²) in [5, 5.41) is 10.1. The molecule has 80 valence electrons. The molecule has 0 aliphatic heterocycles. The van der Waals surface area contributed by atoms with Gasteiger partial charge in [0.1, 0.15) is 0 Å². The summed E-state index contributed by atoms with van der Waals surface area (Å²) >= 11 is 0. The van der Waals surface area contributed by atoms with Gasteiger partial charge in [-0.1, -0.05) is 51.9 Å². The molecule has 0 aromatic heterocycles. The van der Waals surface area contributed by atoms with Crippen LogP contribution in [-0.4, -0.2) is 33.3 Å². The predicted molar refractivity (Wildman–Crippen MR) is 58.0 cm³/mol. The first kappa shape index (κ1) is 16.8. The number of carboxylic acids is 1. The van der Waals surface area contributed by atoms with Crippen molar-refractivity contribution in [3.63, 3.8) is 0 Å². The number of unbranched alkanes of at least 4 members (excludes halogenated alkanes) is 7. The number of carbonyl (C=O) groups excluding carboxylic acids is 1. The van der Waals surface area contributed by atoms with Crippen LogP contribution in [0.25, 0.3) is 0 Å². The van der Waals surface area contributed by atoms with E-state index < -0.39 is 5.97 Å². The minimum atomic E-state index is -0.911. The Morgan fingerprint density at radius 3 is 1.79 bits per heavy atom. The van der Waals surface area contributed by atoms with E-state index in [9.17, 15) is 9.90 Å². The van der Waals surface area contributed by atoms with Crippen LogP contribution in [0.2, 0.25) is 0 Å². The molecule has 0 aromatic carbocycles. The summed E-state index contributed by atoms with van der Waals surface area (Å²) in [5.74, 6) is -0.911. The largest absolute Gasteiger partial charge is 1.00 e. The molecule has 2 nitrogen and oxygen atoms in total. The zero-order valence-corrected chi connectivity index (χ0v) is 13.7. The third-order valence-electron chi connectivity index (χ3n) is 2.23. The van der Waals surface area contributed by atoms with Crippen LogP contribution in [0, 0.1) is 0 Å². The molecule has 0 radical (unpaired) electrons. The van der Waals surface area contributed by atoms with Gasteiger partial charge in [0.25, 0.3) is 0 Å². The first-order valence-corrected chi connectivity index (χ1v) is 5.47. The van der Waals surface area contributed by atoms with Crippen LogP contribution < -0.4 is 5.11 Å². The average Bonchev–Trinajstić information content (AvgIpc) is 2.09. The number of hydrogen-bond donors (Lipinski definition) is 0. The average molecular weight is 390 g/mol. The fourth-order valence-electron chi connectivity index (χ4n) is 1.40. The van der Waals surface area contributed by atoms with Crippen molar-refractivity contribution in [1.82, 2.24) is 0 Å². The fraction of sp³-hybridized carbons (Fsp3) is 0.909. The molecule has 0 aliphatic carbocycles. The molecule has 0 N–H and O–H groups in total. The smallest absolute Gasteiger partial charge is 0.550 e. The van der Waals surface area contributed by atoms with E-state index in [1.165, 1.54) is 38.5 Å². The van der Waals surface area contributed by atoms with Gasteiger partial charge in [-0.05, 0) is 12.8 Å². The van der Waals surface area contributed by atoms with Crippen LogP contribution >= 0.6 is 0 Å². The fourth-order valence-corrected chi connectivity index (χ4v) is 1.40. The number of aliphatic carboxylic acids is 1. The molecule has 0 heterocycles. The second-order valence-electron chi connectivity index (χ2n) is 3.60. The Labute approximate surface area is 108 Å². The second kappa shape index (κ2) is 13.4. The molecule has 0 bridgehead atoms. The van der Waals surface area contributed by atoms with Crippen LogP contribution in [0.4, 0.5) is 0 Å². The maximum absolute atomic E-state index is 10.1. The standard InChI is InChI=1S/C11H22O2.Tl/c1-2-3-4-5-6-7-8-9-10-11(12)13;/h2-10H2,1H3,(H,12,13);/q;+1/p-1. The number of hydrogen-bond acceptors (Lipinski definition) is 2. The summed E-state index contributed by atoms with van der Waals surface area (Å²) in [6.07, 6.45) is 9.75. The van der Waals surface area contributed by atoms with E-state index >= 15 is 0 Å². The van der Waals surface area contributed by atoms with Crippen LogP contribution in [0.5, 0.6) is 0 Å². The first-order valence-electron chi connectivity index (χ1n) is 5.47. The van der Waals surface area contributed by atoms with Gasteiger partial charge < -0.3 is 9.90 Å². The molecule has 0 saturated carbocycles. The van der Waals surface area contributed by atoms with Crippen molar-refractivity contribution in [1.29, 1.82) is 0 Å². The second-order valence-corrected chi connectivity index (χ2v) is 3.60. The molecule has 0 aromatic rings. The molecular weight excluding hydrogens is 369 g/mol. The zero-order chi connectivity index (χ0) is 9.94. The third kappa shape index (κ3) is 14.9. The Morgan fingerprint density at radius 2 is 1.36 bits per heavy atom. The van der Waals surface area contributed by atoms with E-state index in [1.54, 1.807) is 0 Å². The van der Waals surface area contributed by atoms with Gasteiger partial charge in [0.15, 0.2) is 0 Å². The van der Waals surface area contributed by atoms with Gasteiger partial charge in [-0.15, -0.1) is 0 Å². The van der Waals surface area contributed by atoms with Gasteiger partial charge in [-0.25, -0.2) is 0 Å². The summed E-state index contributed by atoms with van der Waals surface area (Å²) in [4.78, 5) is 10.1. The summed E-state index contributed by atoms with van der Waals surface area (Å²) in [6.45, 7) is 2.21. The summed E-state index contributed by atoms with van der Waals surface area (Å²) in [5.41, 5.74) is 0. The van der Waals surface area contributed by atoms with Gasteiger partial charge in [0.2, 0.25) is 0 Å². The number of carbonyl (C=O) groups is 1. The van der Waals surface area contributed by atoms with Crippen molar-refractivity contribution in [3.05, 3.63) is 0 Å². The van der Waals surface area contributed by atoms with Crippen LogP contribution in [0.1, 0.15) is 64.7 Å². The molecule has 0 aliphatic rings.